The summed E-state index contributed by atoms with van der Waals surface area (Å²) in [5.41, 5.74) is 5.19. The van der Waals surface area contributed by atoms with Crippen LogP contribution in [0.2, 0.25) is 10.0 Å². The zero-order chi connectivity index (χ0) is 26.0. The predicted octanol–water partition coefficient (Wildman–Crippen LogP) is 7.89. The van der Waals surface area contributed by atoms with Crippen LogP contribution in [0.1, 0.15) is 22.3 Å². The van der Waals surface area contributed by atoms with Gasteiger partial charge in [-0.2, -0.15) is 0 Å². The van der Waals surface area contributed by atoms with E-state index in [2.05, 4.69) is 10.6 Å². The highest BCUT2D eigenvalue weighted by molar-refractivity contribution is 6.32. The molecule has 0 radical (unpaired) electrons. The van der Waals surface area contributed by atoms with Crippen LogP contribution in [0.3, 0.4) is 0 Å². The number of anilines is 2. The van der Waals surface area contributed by atoms with E-state index in [1.807, 2.05) is 84.9 Å². The number of amides is 2. The van der Waals surface area contributed by atoms with Crippen molar-refractivity contribution < 1.29 is 9.59 Å². The van der Waals surface area contributed by atoms with Gasteiger partial charge in [0.05, 0.1) is 0 Å². The molecule has 0 fully saturated rings. The molecule has 4 rings (SSSR count). The zero-order valence-corrected chi connectivity index (χ0v) is 21.3. The van der Waals surface area contributed by atoms with Crippen molar-refractivity contribution in [1.82, 2.24) is 0 Å². The molecule has 0 saturated carbocycles. The fourth-order valence-electron chi connectivity index (χ4n) is 3.57. The van der Waals surface area contributed by atoms with Gasteiger partial charge in [-0.05, 0) is 77.2 Å². The normalized spacial score (nSPS) is 11.1. The van der Waals surface area contributed by atoms with E-state index in [4.69, 9.17) is 23.2 Å². The fraction of sp³-hybridized carbons (Fsp3) is 0.0323. The van der Waals surface area contributed by atoms with Crippen molar-refractivity contribution in [2.24, 2.45) is 0 Å². The summed E-state index contributed by atoms with van der Waals surface area (Å²) in [5, 5.41) is 6.89. The highest BCUT2D eigenvalue weighted by atomic mass is 35.5. The summed E-state index contributed by atoms with van der Waals surface area (Å²) in [6, 6.07) is 30.1. The van der Waals surface area contributed by atoms with Crippen molar-refractivity contribution in [3.63, 3.8) is 0 Å². The van der Waals surface area contributed by atoms with Crippen LogP contribution in [-0.4, -0.2) is 11.8 Å². The molecule has 0 bridgehead atoms. The van der Waals surface area contributed by atoms with Gasteiger partial charge in [-0.25, -0.2) is 0 Å². The minimum absolute atomic E-state index is 0.230. The minimum atomic E-state index is -0.230. The predicted molar refractivity (Wildman–Crippen MR) is 154 cm³/mol. The first-order chi connectivity index (χ1) is 18.0. The van der Waals surface area contributed by atoms with Gasteiger partial charge in [-0.1, -0.05) is 83.9 Å². The van der Waals surface area contributed by atoms with Gasteiger partial charge >= 0.3 is 0 Å². The smallest absolute Gasteiger partial charge is 0.248 e. The molecule has 0 heterocycles. The van der Waals surface area contributed by atoms with E-state index in [0.29, 0.717) is 21.4 Å². The highest BCUT2D eigenvalue weighted by Crippen LogP contribution is 2.19. The van der Waals surface area contributed by atoms with Crippen LogP contribution in [0.15, 0.2) is 109 Å². The number of nitrogens with one attached hydrogen (secondary N) is 2. The monoisotopic (exact) mass is 526 g/mol. The molecule has 2 N–H and O–H groups in total. The van der Waals surface area contributed by atoms with Crippen molar-refractivity contribution in [3.05, 3.63) is 142 Å². The lowest BCUT2D eigenvalue weighted by molar-refractivity contribution is -0.112. The van der Waals surface area contributed by atoms with Gasteiger partial charge in [0.1, 0.15) is 0 Å². The summed E-state index contributed by atoms with van der Waals surface area (Å²) in [7, 11) is 0. The highest BCUT2D eigenvalue weighted by Gasteiger charge is 2.03. The molecule has 0 aliphatic heterocycles. The van der Waals surface area contributed by atoms with E-state index in [1.54, 1.807) is 24.3 Å². The Kier molecular flexibility index (Phi) is 8.93. The van der Waals surface area contributed by atoms with Gasteiger partial charge in [0.2, 0.25) is 11.8 Å². The number of benzene rings is 4. The van der Waals surface area contributed by atoms with Gasteiger partial charge in [-0.15, -0.1) is 0 Å². The third-order valence-electron chi connectivity index (χ3n) is 5.49. The van der Waals surface area contributed by atoms with Crippen LogP contribution in [0.5, 0.6) is 0 Å². The third kappa shape index (κ3) is 7.94. The number of hydrogen-bond acceptors (Lipinski definition) is 2. The molecule has 0 aromatic heterocycles. The molecule has 37 heavy (non-hydrogen) atoms. The first kappa shape index (κ1) is 26.0. The second kappa shape index (κ2) is 12.7. The van der Waals surface area contributed by atoms with Gasteiger partial charge in [0.15, 0.2) is 0 Å². The Hall–Kier alpha value is -4.12. The molecular formula is C31H24Cl2N2O2. The molecule has 0 aliphatic carbocycles. The number of hydrogen-bond donors (Lipinski definition) is 2. The van der Waals surface area contributed by atoms with Gasteiger partial charge in [0, 0.05) is 33.6 Å². The maximum Gasteiger partial charge on any atom is 0.248 e. The summed E-state index contributed by atoms with van der Waals surface area (Å²) in [6.45, 7) is 0. The number of rotatable bonds is 8. The summed E-state index contributed by atoms with van der Waals surface area (Å²) < 4.78 is 0. The van der Waals surface area contributed by atoms with Crippen LogP contribution in [0.25, 0.3) is 12.2 Å². The Labute approximate surface area is 226 Å². The summed E-state index contributed by atoms with van der Waals surface area (Å²) in [5.74, 6) is -0.459. The average molecular weight is 527 g/mol. The van der Waals surface area contributed by atoms with E-state index in [0.717, 1.165) is 28.7 Å². The average Bonchev–Trinajstić information content (AvgIpc) is 2.90. The lowest BCUT2D eigenvalue weighted by Crippen LogP contribution is -2.08. The Bertz CT molecular complexity index is 1330. The number of carbonyl (C=O) groups excluding carboxylic acids is 2. The van der Waals surface area contributed by atoms with Crippen molar-refractivity contribution >= 4 is 58.5 Å². The first-order valence-electron chi connectivity index (χ1n) is 11.6. The molecule has 2 amide bonds. The van der Waals surface area contributed by atoms with Gasteiger partial charge in [-0.3, -0.25) is 9.59 Å². The van der Waals surface area contributed by atoms with E-state index in [1.165, 1.54) is 12.2 Å². The molecule has 6 heteroatoms. The lowest BCUT2D eigenvalue weighted by atomic mass is 10.0. The van der Waals surface area contributed by atoms with Gasteiger partial charge in [0.25, 0.3) is 0 Å². The molecular weight excluding hydrogens is 503 g/mol. The lowest BCUT2D eigenvalue weighted by Gasteiger charge is -2.07. The summed E-state index contributed by atoms with van der Waals surface area (Å²) >= 11 is 12.2. The van der Waals surface area contributed by atoms with Crippen LogP contribution in [-0.2, 0) is 16.0 Å². The Morgan fingerprint density at radius 2 is 0.946 bits per heavy atom. The SMILES string of the molecule is O=C(C=Cc1ccccc1Cl)Nc1ccc(Cc2ccc(NC(=O)C=Cc3ccccc3Cl)cc2)cc1. The molecule has 0 aliphatic rings. The standard InChI is InChI=1S/C31H24Cl2N2O2/c32-28-7-3-1-5-24(28)13-19-30(36)34-26-15-9-22(10-16-26)21-23-11-17-27(18-12-23)35-31(37)20-14-25-6-2-4-8-29(25)33/h1-20H,21H2,(H,34,36)(H,35,37). The molecule has 184 valence electrons. The summed E-state index contributed by atoms with van der Waals surface area (Å²) in [4.78, 5) is 24.5. The number of carbonyl (C=O) groups is 2. The van der Waals surface area contributed by atoms with Crippen LogP contribution < -0.4 is 10.6 Å². The van der Waals surface area contributed by atoms with Crippen molar-refractivity contribution in [1.29, 1.82) is 0 Å². The molecule has 4 nitrogen and oxygen atoms in total. The van der Waals surface area contributed by atoms with Gasteiger partial charge < -0.3 is 10.6 Å². The Morgan fingerprint density at radius 1 is 0.568 bits per heavy atom. The fourth-order valence-corrected chi connectivity index (χ4v) is 3.96. The summed E-state index contributed by atoms with van der Waals surface area (Å²) in [6.07, 6.45) is 7.02. The van der Waals surface area contributed by atoms with E-state index in [9.17, 15) is 9.59 Å². The zero-order valence-electron chi connectivity index (χ0n) is 19.8. The van der Waals surface area contributed by atoms with Crippen LogP contribution in [0, 0.1) is 0 Å². The van der Waals surface area contributed by atoms with Crippen molar-refractivity contribution in [2.45, 2.75) is 6.42 Å². The maximum absolute atomic E-state index is 12.2. The second-order valence-electron chi connectivity index (χ2n) is 8.26. The Morgan fingerprint density at radius 3 is 1.32 bits per heavy atom. The molecule has 0 atom stereocenters. The molecule has 0 unspecified atom stereocenters. The first-order valence-corrected chi connectivity index (χ1v) is 12.4. The topological polar surface area (TPSA) is 58.2 Å². The molecule has 0 saturated heterocycles. The van der Waals surface area contributed by atoms with E-state index < -0.39 is 0 Å². The molecule has 0 spiro atoms. The Balaban J connectivity index is 1.28. The number of halogens is 2. The third-order valence-corrected chi connectivity index (χ3v) is 6.18. The van der Waals surface area contributed by atoms with Crippen molar-refractivity contribution in [3.8, 4) is 0 Å². The van der Waals surface area contributed by atoms with E-state index >= 15 is 0 Å². The molecule has 4 aromatic rings. The van der Waals surface area contributed by atoms with E-state index in [-0.39, 0.29) is 11.8 Å². The second-order valence-corrected chi connectivity index (χ2v) is 9.07. The minimum Gasteiger partial charge on any atom is -0.323 e. The van der Waals surface area contributed by atoms with Crippen LogP contribution >= 0.6 is 23.2 Å². The van der Waals surface area contributed by atoms with Crippen molar-refractivity contribution in [2.75, 3.05) is 10.6 Å². The maximum atomic E-state index is 12.2. The van der Waals surface area contributed by atoms with Crippen LogP contribution in [0.4, 0.5) is 11.4 Å². The largest absolute Gasteiger partial charge is 0.323 e. The quantitative estimate of drug-likeness (QED) is 0.229. The molecule has 4 aromatic carbocycles.